The Labute approximate surface area is 107 Å². The molecule has 102 valence electrons. The maximum Gasteiger partial charge on any atom is 0.0465 e. The molecule has 1 rings (SSSR count). The van der Waals surface area contributed by atoms with Crippen LogP contribution in [0.25, 0.3) is 0 Å². The van der Waals surface area contributed by atoms with Crippen molar-refractivity contribution in [3.63, 3.8) is 0 Å². The molecule has 2 heteroatoms. The molecule has 2 N–H and O–H groups in total. The van der Waals surface area contributed by atoms with Gasteiger partial charge in [-0.1, -0.05) is 26.2 Å². The van der Waals surface area contributed by atoms with Gasteiger partial charge in [-0.05, 0) is 56.9 Å². The zero-order valence-electron chi connectivity index (χ0n) is 11.8. The normalized spacial score (nSPS) is 29.5. The highest BCUT2D eigenvalue weighted by Gasteiger charge is 2.28. The highest BCUT2D eigenvalue weighted by atomic mass is 16.5. The summed E-state index contributed by atoms with van der Waals surface area (Å²) in [5.74, 6) is 2.62. The molecule has 3 unspecified atom stereocenters. The van der Waals surface area contributed by atoms with E-state index in [0.29, 0.717) is 0 Å². The monoisotopic (exact) mass is 241 g/mol. The minimum atomic E-state index is 0.782. The Morgan fingerprint density at radius 3 is 2.59 bits per heavy atom. The second-order valence-corrected chi connectivity index (χ2v) is 5.56. The molecule has 1 saturated carbocycles. The molecule has 2 nitrogen and oxygen atoms in total. The zero-order valence-corrected chi connectivity index (χ0v) is 11.8. The molecule has 0 spiro atoms. The van der Waals surface area contributed by atoms with Gasteiger partial charge in [-0.2, -0.15) is 0 Å². The Morgan fingerprint density at radius 2 is 1.94 bits per heavy atom. The van der Waals surface area contributed by atoms with Crippen molar-refractivity contribution in [2.75, 3.05) is 19.8 Å². The first-order valence-corrected chi connectivity index (χ1v) is 7.59. The molecular formula is C15H31NO. The Bertz CT molecular complexity index is 184. The maximum absolute atomic E-state index is 5.91. The number of hydrogen-bond acceptors (Lipinski definition) is 2. The summed E-state index contributed by atoms with van der Waals surface area (Å²) in [5, 5.41) is 0. The van der Waals surface area contributed by atoms with E-state index in [1.54, 1.807) is 0 Å². The summed E-state index contributed by atoms with van der Waals surface area (Å²) < 4.78 is 5.44. The highest BCUT2D eigenvalue weighted by Crippen LogP contribution is 2.37. The van der Waals surface area contributed by atoms with Crippen LogP contribution < -0.4 is 5.73 Å². The van der Waals surface area contributed by atoms with Crippen LogP contribution in [0.3, 0.4) is 0 Å². The summed E-state index contributed by atoms with van der Waals surface area (Å²) >= 11 is 0. The van der Waals surface area contributed by atoms with E-state index < -0.39 is 0 Å². The third-order valence-electron chi connectivity index (χ3n) is 4.32. The lowest BCUT2D eigenvalue weighted by molar-refractivity contribution is 0.118. The summed E-state index contributed by atoms with van der Waals surface area (Å²) in [4.78, 5) is 0. The number of rotatable bonds is 8. The van der Waals surface area contributed by atoms with Crippen molar-refractivity contribution >= 4 is 0 Å². The van der Waals surface area contributed by atoms with Crippen LogP contribution in [0.2, 0.25) is 0 Å². The maximum atomic E-state index is 5.91. The predicted octanol–water partition coefficient (Wildman–Crippen LogP) is 3.59. The molecule has 0 radical (unpaired) electrons. The van der Waals surface area contributed by atoms with Gasteiger partial charge in [-0.25, -0.2) is 0 Å². The Hall–Kier alpha value is -0.0800. The summed E-state index contributed by atoms with van der Waals surface area (Å²) in [6.07, 6.45) is 9.48. The van der Waals surface area contributed by atoms with Crippen LogP contribution in [0, 0.1) is 17.8 Å². The Morgan fingerprint density at radius 1 is 1.12 bits per heavy atom. The van der Waals surface area contributed by atoms with Crippen molar-refractivity contribution in [2.24, 2.45) is 23.5 Å². The molecule has 0 saturated heterocycles. The van der Waals surface area contributed by atoms with Crippen LogP contribution in [0.4, 0.5) is 0 Å². The van der Waals surface area contributed by atoms with Crippen molar-refractivity contribution in [3.05, 3.63) is 0 Å². The van der Waals surface area contributed by atoms with Crippen LogP contribution in [-0.4, -0.2) is 19.8 Å². The molecule has 0 heterocycles. The fourth-order valence-electron chi connectivity index (χ4n) is 3.35. The highest BCUT2D eigenvalue weighted by molar-refractivity contribution is 4.80. The first kappa shape index (κ1) is 15.0. The standard InChI is InChI=1S/C15H31NO/c1-3-6-13-8-9-15(12-16)14(11-13)7-5-10-17-4-2/h13-15H,3-12,16H2,1-2H3. The second-order valence-electron chi connectivity index (χ2n) is 5.56. The summed E-state index contributed by atoms with van der Waals surface area (Å²) in [6.45, 7) is 7.05. The summed E-state index contributed by atoms with van der Waals surface area (Å²) in [6, 6.07) is 0. The summed E-state index contributed by atoms with van der Waals surface area (Å²) in [7, 11) is 0. The first-order chi connectivity index (χ1) is 8.31. The lowest BCUT2D eigenvalue weighted by atomic mass is 9.71. The minimum absolute atomic E-state index is 0.782. The molecule has 0 aromatic carbocycles. The van der Waals surface area contributed by atoms with Crippen molar-refractivity contribution in [2.45, 2.75) is 58.8 Å². The lowest BCUT2D eigenvalue weighted by Crippen LogP contribution is -2.30. The second kappa shape index (κ2) is 8.93. The van der Waals surface area contributed by atoms with Gasteiger partial charge in [0, 0.05) is 13.2 Å². The van der Waals surface area contributed by atoms with E-state index >= 15 is 0 Å². The molecule has 0 aromatic rings. The van der Waals surface area contributed by atoms with Gasteiger partial charge in [0.1, 0.15) is 0 Å². The third kappa shape index (κ3) is 5.39. The van der Waals surface area contributed by atoms with Crippen LogP contribution >= 0.6 is 0 Å². The van der Waals surface area contributed by atoms with E-state index in [9.17, 15) is 0 Å². The van der Waals surface area contributed by atoms with E-state index in [4.69, 9.17) is 10.5 Å². The lowest BCUT2D eigenvalue weighted by Gasteiger charge is -2.35. The predicted molar refractivity (Wildman–Crippen MR) is 74.0 cm³/mol. The van der Waals surface area contributed by atoms with E-state index in [1.165, 1.54) is 44.9 Å². The molecule has 0 aliphatic heterocycles. The van der Waals surface area contributed by atoms with Gasteiger partial charge < -0.3 is 10.5 Å². The number of nitrogens with two attached hydrogens (primary N) is 1. The van der Waals surface area contributed by atoms with E-state index in [2.05, 4.69) is 13.8 Å². The third-order valence-corrected chi connectivity index (χ3v) is 4.32. The topological polar surface area (TPSA) is 35.2 Å². The van der Waals surface area contributed by atoms with Crippen LogP contribution in [0.15, 0.2) is 0 Å². The molecule has 0 bridgehead atoms. The molecular weight excluding hydrogens is 210 g/mol. The largest absolute Gasteiger partial charge is 0.382 e. The quantitative estimate of drug-likeness (QED) is 0.659. The van der Waals surface area contributed by atoms with Gasteiger partial charge in [0.2, 0.25) is 0 Å². The van der Waals surface area contributed by atoms with Crippen LogP contribution in [0.1, 0.15) is 58.8 Å². The Kier molecular flexibility index (Phi) is 7.87. The Balaban J connectivity index is 2.29. The molecule has 1 fully saturated rings. The van der Waals surface area contributed by atoms with Gasteiger partial charge in [0.25, 0.3) is 0 Å². The van der Waals surface area contributed by atoms with Gasteiger partial charge in [-0.3, -0.25) is 0 Å². The molecule has 3 atom stereocenters. The van der Waals surface area contributed by atoms with E-state index in [-0.39, 0.29) is 0 Å². The molecule has 1 aliphatic rings. The smallest absolute Gasteiger partial charge is 0.0465 e. The number of ether oxygens (including phenoxy) is 1. The van der Waals surface area contributed by atoms with Crippen LogP contribution in [-0.2, 0) is 4.74 Å². The molecule has 17 heavy (non-hydrogen) atoms. The van der Waals surface area contributed by atoms with Crippen LogP contribution in [0.5, 0.6) is 0 Å². The van der Waals surface area contributed by atoms with Gasteiger partial charge >= 0.3 is 0 Å². The van der Waals surface area contributed by atoms with E-state index in [1.807, 2.05) is 0 Å². The van der Waals surface area contributed by atoms with Crippen molar-refractivity contribution in [1.29, 1.82) is 0 Å². The fourth-order valence-corrected chi connectivity index (χ4v) is 3.35. The fraction of sp³-hybridized carbons (Fsp3) is 1.00. The van der Waals surface area contributed by atoms with Crippen molar-refractivity contribution in [1.82, 2.24) is 0 Å². The average Bonchev–Trinajstić information content (AvgIpc) is 2.35. The van der Waals surface area contributed by atoms with Crippen molar-refractivity contribution < 1.29 is 4.74 Å². The van der Waals surface area contributed by atoms with Gasteiger partial charge in [-0.15, -0.1) is 0 Å². The SMILES string of the molecule is CCCC1CCC(CN)C(CCCOCC)C1. The minimum Gasteiger partial charge on any atom is -0.382 e. The molecule has 0 aromatic heterocycles. The van der Waals surface area contributed by atoms with Crippen molar-refractivity contribution in [3.8, 4) is 0 Å². The zero-order chi connectivity index (χ0) is 12.5. The van der Waals surface area contributed by atoms with E-state index in [0.717, 1.165) is 37.5 Å². The molecule has 1 aliphatic carbocycles. The number of hydrogen-bond donors (Lipinski definition) is 1. The molecule has 0 amide bonds. The van der Waals surface area contributed by atoms with Gasteiger partial charge in [0.05, 0.1) is 0 Å². The first-order valence-electron chi connectivity index (χ1n) is 7.59. The summed E-state index contributed by atoms with van der Waals surface area (Å²) in [5.41, 5.74) is 5.91. The van der Waals surface area contributed by atoms with Gasteiger partial charge in [0.15, 0.2) is 0 Å². The average molecular weight is 241 g/mol.